The normalized spacial score (nSPS) is 12.4. The number of halogens is 1. The second-order valence-electron chi connectivity index (χ2n) is 4.50. The van der Waals surface area contributed by atoms with Gasteiger partial charge in [0.2, 0.25) is 0 Å². The summed E-state index contributed by atoms with van der Waals surface area (Å²) in [6, 6.07) is 3.85. The lowest BCUT2D eigenvalue weighted by Gasteiger charge is -2.08. The molecule has 2 rings (SSSR count). The van der Waals surface area contributed by atoms with Gasteiger partial charge in [-0.15, -0.1) is 0 Å². The van der Waals surface area contributed by atoms with E-state index in [4.69, 9.17) is 11.6 Å². The molecule has 19 heavy (non-hydrogen) atoms. The minimum absolute atomic E-state index is 0.0400. The van der Waals surface area contributed by atoms with Gasteiger partial charge in [-0.2, -0.15) is 5.10 Å². The molecule has 0 fully saturated rings. The Labute approximate surface area is 117 Å². The Hall–Kier alpha value is -1.68. The van der Waals surface area contributed by atoms with Gasteiger partial charge in [0, 0.05) is 30.2 Å². The van der Waals surface area contributed by atoms with Gasteiger partial charge >= 0.3 is 0 Å². The summed E-state index contributed by atoms with van der Waals surface area (Å²) in [6.07, 6.45) is 6.22. The minimum Gasteiger partial charge on any atom is -0.294 e. The maximum atomic E-state index is 12.1. The molecule has 0 aliphatic rings. The van der Waals surface area contributed by atoms with E-state index in [-0.39, 0.29) is 12.2 Å². The third-order valence-electron chi connectivity index (χ3n) is 3.12. The fourth-order valence-corrected chi connectivity index (χ4v) is 1.99. The van der Waals surface area contributed by atoms with E-state index in [1.54, 1.807) is 12.3 Å². The first-order valence-electron chi connectivity index (χ1n) is 6.28. The van der Waals surface area contributed by atoms with E-state index in [2.05, 4.69) is 23.9 Å². The van der Waals surface area contributed by atoms with Crippen molar-refractivity contribution in [3.63, 3.8) is 0 Å². The molecule has 0 bridgehead atoms. The van der Waals surface area contributed by atoms with Crippen LogP contribution in [-0.2, 0) is 6.42 Å². The molecule has 2 aromatic heterocycles. The first-order valence-corrected chi connectivity index (χ1v) is 6.66. The molecule has 100 valence electrons. The van der Waals surface area contributed by atoms with Crippen LogP contribution in [0.5, 0.6) is 0 Å². The number of Topliss-reactive ketones (excluding diaryl/α,β-unsaturated/α-hetero) is 1. The van der Waals surface area contributed by atoms with Gasteiger partial charge in [-0.25, -0.2) is 0 Å². The molecule has 4 nitrogen and oxygen atoms in total. The Bertz CT molecular complexity index is 580. The van der Waals surface area contributed by atoms with Crippen LogP contribution in [0.2, 0.25) is 5.02 Å². The highest BCUT2D eigenvalue weighted by atomic mass is 35.5. The van der Waals surface area contributed by atoms with E-state index >= 15 is 0 Å². The van der Waals surface area contributed by atoms with Gasteiger partial charge in [0.25, 0.3) is 0 Å². The molecular weight excluding hydrogens is 262 g/mol. The maximum absolute atomic E-state index is 12.1. The van der Waals surface area contributed by atoms with Crippen LogP contribution in [-0.4, -0.2) is 20.5 Å². The highest BCUT2D eigenvalue weighted by molar-refractivity contribution is 6.33. The number of hydrogen-bond acceptors (Lipinski definition) is 3. The quantitative estimate of drug-likeness (QED) is 0.788. The van der Waals surface area contributed by atoms with Crippen LogP contribution in [0.3, 0.4) is 0 Å². The topological polar surface area (TPSA) is 47.8 Å². The van der Waals surface area contributed by atoms with E-state index in [1.165, 1.54) is 6.20 Å². The van der Waals surface area contributed by atoms with Gasteiger partial charge in [0.15, 0.2) is 5.78 Å². The number of carbonyl (C=O) groups excluding carboxylic acids is 1. The number of nitrogens with zero attached hydrogens (tertiary/aromatic N) is 3. The predicted molar refractivity (Wildman–Crippen MR) is 74.5 cm³/mol. The van der Waals surface area contributed by atoms with Crippen LogP contribution in [0, 0.1) is 0 Å². The molecule has 5 heteroatoms. The van der Waals surface area contributed by atoms with Crippen molar-refractivity contribution in [3.8, 4) is 0 Å². The molecule has 0 spiro atoms. The SMILES string of the molecule is CCC(C)n1ccc(CC(=O)c2ccncc2Cl)n1. The third kappa shape index (κ3) is 3.20. The highest BCUT2D eigenvalue weighted by Crippen LogP contribution is 2.16. The van der Waals surface area contributed by atoms with Gasteiger partial charge in [0.05, 0.1) is 17.1 Å². The van der Waals surface area contributed by atoms with Gasteiger partial charge in [-0.3, -0.25) is 14.5 Å². The molecule has 2 aromatic rings. The molecule has 0 amide bonds. The first-order chi connectivity index (χ1) is 9.11. The number of carbonyl (C=O) groups is 1. The van der Waals surface area contributed by atoms with Crippen molar-refractivity contribution in [2.75, 3.05) is 0 Å². The largest absolute Gasteiger partial charge is 0.294 e. The summed E-state index contributed by atoms with van der Waals surface area (Å²) < 4.78 is 1.89. The van der Waals surface area contributed by atoms with E-state index < -0.39 is 0 Å². The molecule has 0 saturated carbocycles. The summed E-state index contributed by atoms with van der Waals surface area (Å²) in [5, 5.41) is 4.80. The van der Waals surface area contributed by atoms with Crippen LogP contribution in [0.1, 0.15) is 42.4 Å². The van der Waals surface area contributed by atoms with Crippen molar-refractivity contribution in [1.29, 1.82) is 0 Å². The fraction of sp³-hybridized carbons (Fsp3) is 0.357. The predicted octanol–water partition coefficient (Wildman–Crippen LogP) is 3.33. The van der Waals surface area contributed by atoms with E-state index in [0.717, 1.165) is 12.1 Å². The molecule has 0 radical (unpaired) electrons. The highest BCUT2D eigenvalue weighted by Gasteiger charge is 2.13. The molecule has 1 unspecified atom stereocenters. The van der Waals surface area contributed by atoms with Gasteiger partial charge in [-0.1, -0.05) is 18.5 Å². The molecule has 0 aliphatic heterocycles. The van der Waals surface area contributed by atoms with E-state index in [0.29, 0.717) is 16.6 Å². The first kappa shape index (κ1) is 13.7. The molecule has 0 aromatic carbocycles. The average molecular weight is 278 g/mol. The zero-order valence-corrected chi connectivity index (χ0v) is 11.8. The maximum Gasteiger partial charge on any atom is 0.170 e. The van der Waals surface area contributed by atoms with Crippen LogP contribution >= 0.6 is 11.6 Å². The molecule has 0 N–H and O–H groups in total. The average Bonchev–Trinajstić information content (AvgIpc) is 2.86. The summed E-state index contributed by atoms with van der Waals surface area (Å²) in [6.45, 7) is 4.20. The van der Waals surface area contributed by atoms with E-state index in [9.17, 15) is 4.79 Å². The Morgan fingerprint density at radius 3 is 2.95 bits per heavy atom. The van der Waals surface area contributed by atoms with Crippen molar-refractivity contribution >= 4 is 17.4 Å². The number of rotatable bonds is 5. The minimum atomic E-state index is -0.0400. The second-order valence-corrected chi connectivity index (χ2v) is 4.91. The summed E-state index contributed by atoms with van der Waals surface area (Å²) >= 11 is 5.95. The standard InChI is InChI=1S/C14H16ClN3O/c1-3-10(2)18-7-5-11(17-18)8-14(19)12-4-6-16-9-13(12)15/h4-7,9-10H,3,8H2,1-2H3. The Balaban J connectivity index is 2.11. The summed E-state index contributed by atoms with van der Waals surface area (Å²) in [5.41, 5.74) is 1.26. The molecule has 0 aliphatic carbocycles. The number of hydrogen-bond donors (Lipinski definition) is 0. The summed E-state index contributed by atoms with van der Waals surface area (Å²) in [5.74, 6) is -0.0400. The number of aromatic nitrogens is 3. The smallest absolute Gasteiger partial charge is 0.170 e. The zero-order valence-electron chi connectivity index (χ0n) is 11.0. The van der Waals surface area contributed by atoms with Crippen molar-refractivity contribution in [1.82, 2.24) is 14.8 Å². The van der Waals surface area contributed by atoms with Gasteiger partial charge in [0.1, 0.15) is 0 Å². The van der Waals surface area contributed by atoms with Crippen LogP contribution < -0.4 is 0 Å². The van der Waals surface area contributed by atoms with Crippen molar-refractivity contribution in [2.45, 2.75) is 32.7 Å². The van der Waals surface area contributed by atoms with E-state index in [1.807, 2.05) is 16.9 Å². The Morgan fingerprint density at radius 2 is 2.26 bits per heavy atom. The van der Waals surface area contributed by atoms with Crippen molar-refractivity contribution in [3.05, 3.63) is 47.0 Å². The lowest BCUT2D eigenvalue weighted by Crippen LogP contribution is -2.08. The molecular formula is C14H16ClN3O. The lowest BCUT2D eigenvalue weighted by molar-refractivity contribution is 0.0991. The Kier molecular flexibility index (Phi) is 4.32. The summed E-state index contributed by atoms with van der Waals surface area (Å²) in [4.78, 5) is 16.0. The van der Waals surface area contributed by atoms with Crippen LogP contribution in [0.25, 0.3) is 0 Å². The monoisotopic (exact) mass is 277 g/mol. The summed E-state index contributed by atoms with van der Waals surface area (Å²) in [7, 11) is 0. The zero-order chi connectivity index (χ0) is 13.8. The van der Waals surface area contributed by atoms with Crippen LogP contribution in [0.4, 0.5) is 0 Å². The lowest BCUT2D eigenvalue weighted by atomic mass is 10.1. The number of pyridine rings is 1. The fourth-order valence-electron chi connectivity index (χ4n) is 1.77. The van der Waals surface area contributed by atoms with Crippen LogP contribution in [0.15, 0.2) is 30.7 Å². The molecule has 1 atom stereocenters. The van der Waals surface area contributed by atoms with Crippen molar-refractivity contribution < 1.29 is 4.79 Å². The Morgan fingerprint density at radius 1 is 1.47 bits per heavy atom. The second kappa shape index (κ2) is 5.97. The van der Waals surface area contributed by atoms with Gasteiger partial charge < -0.3 is 0 Å². The van der Waals surface area contributed by atoms with Gasteiger partial charge in [-0.05, 0) is 25.5 Å². The third-order valence-corrected chi connectivity index (χ3v) is 3.42. The number of ketones is 1. The molecule has 2 heterocycles. The van der Waals surface area contributed by atoms with Crippen molar-refractivity contribution in [2.24, 2.45) is 0 Å². The molecule has 0 saturated heterocycles.